The second-order valence-electron chi connectivity index (χ2n) is 4.86. The van der Waals surface area contributed by atoms with Crippen LogP contribution in [0.1, 0.15) is 29.3 Å². The van der Waals surface area contributed by atoms with E-state index in [0.717, 1.165) is 12.0 Å². The molecule has 1 amide bonds. The second kappa shape index (κ2) is 4.11. The summed E-state index contributed by atoms with van der Waals surface area (Å²) in [7, 11) is 0. The average molecular weight is 236 g/mol. The quantitative estimate of drug-likeness (QED) is 0.849. The molecule has 1 aliphatic heterocycles. The smallest absolute Gasteiger partial charge is 0.256 e. The van der Waals surface area contributed by atoms with Crippen LogP contribution in [-0.2, 0) is 0 Å². The maximum atomic E-state index is 13.6. The number of rotatable bonds is 2. The predicted octanol–water partition coefficient (Wildman–Crippen LogP) is 1.70. The van der Waals surface area contributed by atoms with Crippen molar-refractivity contribution in [2.24, 2.45) is 5.73 Å². The lowest BCUT2D eigenvalue weighted by molar-refractivity contribution is 0.0397. The molecule has 2 rings (SSSR count). The molecule has 0 unspecified atom stereocenters. The third-order valence-electron chi connectivity index (χ3n) is 3.36. The molecule has 1 heterocycles. The van der Waals surface area contributed by atoms with Gasteiger partial charge in [-0.2, -0.15) is 0 Å². The zero-order valence-electron chi connectivity index (χ0n) is 10.2. The highest BCUT2D eigenvalue weighted by Gasteiger charge is 2.41. The Morgan fingerprint density at radius 3 is 2.71 bits per heavy atom. The van der Waals surface area contributed by atoms with Crippen molar-refractivity contribution in [3.63, 3.8) is 0 Å². The number of carbonyl (C=O) groups is 1. The van der Waals surface area contributed by atoms with Crippen LogP contribution in [0.2, 0.25) is 0 Å². The lowest BCUT2D eigenvalue weighted by Crippen LogP contribution is -2.68. The van der Waals surface area contributed by atoms with E-state index in [4.69, 9.17) is 5.73 Å². The average Bonchev–Trinajstić information content (AvgIpc) is 2.24. The number of hydrogen-bond donors (Lipinski definition) is 1. The van der Waals surface area contributed by atoms with Gasteiger partial charge < -0.3 is 10.6 Å². The summed E-state index contributed by atoms with van der Waals surface area (Å²) in [6.07, 6.45) is 0.827. The molecule has 4 heteroatoms. The molecule has 1 aromatic carbocycles. The zero-order valence-corrected chi connectivity index (χ0v) is 10.2. The number of amides is 1. The van der Waals surface area contributed by atoms with Crippen LogP contribution in [0.5, 0.6) is 0 Å². The monoisotopic (exact) mass is 236 g/mol. The van der Waals surface area contributed by atoms with Gasteiger partial charge in [-0.1, -0.05) is 13.0 Å². The number of carbonyl (C=O) groups excluding carboxylic acids is 1. The van der Waals surface area contributed by atoms with E-state index in [9.17, 15) is 9.18 Å². The molecule has 1 saturated heterocycles. The molecule has 2 N–H and O–H groups in total. The summed E-state index contributed by atoms with van der Waals surface area (Å²) in [5, 5.41) is 0. The number of benzene rings is 1. The first-order valence-electron chi connectivity index (χ1n) is 5.79. The molecule has 0 radical (unpaired) electrons. The maximum Gasteiger partial charge on any atom is 0.256 e. The van der Waals surface area contributed by atoms with Crippen molar-refractivity contribution in [1.82, 2.24) is 4.90 Å². The molecule has 0 aromatic heterocycles. The summed E-state index contributed by atoms with van der Waals surface area (Å²) in [4.78, 5) is 13.6. The van der Waals surface area contributed by atoms with Crippen LogP contribution in [0.4, 0.5) is 4.39 Å². The number of hydrogen-bond acceptors (Lipinski definition) is 2. The lowest BCUT2D eigenvalue weighted by atomic mass is 9.87. The van der Waals surface area contributed by atoms with Crippen molar-refractivity contribution in [3.8, 4) is 0 Å². The summed E-state index contributed by atoms with van der Waals surface area (Å²) in [6, 6.07) is 4.66. The van der Waals surface area contributed by atoms with Gasteiger partial charge in [-0.05, 0) is 31.0 Å². The molecular weight excluding hydrogens is 219 g/mol. The number of likely N-dealkylation sites (tertiary alicyclic amines) is 1. The van der Waals surface area contributed by atoms with Crippen molar-refractivity contribution in [1.29, 1.82) is 0 Å². The van der Waals surface area contributed by atoms with Gasteiger partial charge in [0.2, 0.25) is 0 Å². The third-order valence-corrected chi connectivity index (χ3v) is 3.36. The van der Waals surface area contributed by atoms with E-state index in [2.05, 4.69) is 0 Å². The fraction of sp³-hybridized carbons (Fsp3) is 0.462. The van der Waals surface area contributed by atoms with E-state index in [1.807, 2.05) is 6.92 Å². The summed E-state index contributed by atoms with van der Waals surface area (Å²) in [5.41, 5.74) is 6.64. The Balaban J connectivity index is 2.12. The molecule has 1 aromatic rings. The Morgan fingerprint density at radius 1 is 1.53 bits per heavy atom. The summed E-state index contributed by atoms with van der Waals surface area (Å²) < 4.78 is 13.6. The van der Waals surface area contributed by atoms with Gasteiger partial charge in [0.15, 0.2) is 0 Å². The Morgan fingerprint density at radius 2 is 2.18 bits per heavy atom. The van der Waals surface area contributed by atoms with Crippen LogP contribution in [0.3, 0.4) is 0 Å². The molecule has 3 nitrogen and oxygen atoms in total. The summed E-state index contributed by atoms with van der Waals surface area (Å²) in [5.74, 6) is -0.724. The predicted molar refractivity (Wildman–Crippen MR) is 64.2 cm³/mol. The Bertz CT molecular complexity index is 453. The maximum absolute atomic E-state index is 13.6. The minimum atomic E-state index is -0.457. The van der Waals surface area contributed by atoms with E-state index in [-0.39, 0.29) is 17.0 Å². The van der Waals surface area contributed by atoms with Crippen LogP contribution >= 0.6 is 0 Å². The van der Waals surface area contributed by atoms with Crippen LogP contribution < -0.4 is 5.73 Å². The van der Waals surface area contributed by atoms with Gasteiger partial charge in [-0.15, -0.1) is 0 Å². The number of nitrogens with two attached hydrogens (primary N) is 1. The van der Waals surface area contributed by atoms with Gasteiger partial charge in [-0.3, -0.25) is 4.79 Å². The Kier molecular flexibility index (Phi) is 2.91. The summed E-state index contributed by atoms with van der Waals surface area (Å²) >= 11 is 0. The van der Waals surface area contributed by atoms with E-state index in [0.29, 0.717) is 13.1 Å². The van der Waals surface area contributed by atoms with Crippen molar-refractivity contribution in [2.45, 2.75) is 25.8 Å². The normalized spacial score (nSPS) is 17.8. The van der Waals surface area contributed by atoms with Crippen LogP contribution in [0, 0.1) is 12.7 Å². The Labute approximate surface area is 100 Å². The van der Waals surface area contributed by atoms with Gasteiger partial charge in [0.05, 0.1) is 11.1 Å². The molecule has 1 aliphatic rings. The minimum Gasteiger partial charge on any atom is -0.335 e. The molecule has 0 spiro atoms. The van der Waals surface area contributed by atoms with Crippen molar-refractivity contribution < 1.29 is 9.18 Å². The standard InChI is InChI=1S/C13H17FN2O/c1-3-13(15)7-16(8-13)12(17)10-5-4-9(2)6-11(10)14/h4-6H,3,7-8,15H2,1-2H3. The first-order valence-corrected chi connectivity index (χ1v) is 5.79. The van der Waals surface area contributed by atoms with Gasteiger partial charge in [-0.25, -0.2) is 4.39 Å². The third kappa shape index (κ3) is 2.17. The van der Waals surface area contributed by atoms with Crippen LogP contribution in [0.25, 0.3) is 0 Å². The molecule has 17 heavy (non-hydrogen) atoms. The fourth-order valence-electron chi connectivity index (χ4n) is 2.05. The molecule has 0 bridgehead atoms. The first-order chi connectivity index (χ1) is 7.95. The van der Waals surface area contributed by atoms with Gasteiger partial charge >= 0.3 is 0 Å². The molecule has 0 atom stereocenters. The SMILES string of the molecule is CCC1(N)CN(C(=O)c2ccc(C)cc2F)C1. The van der Waals surface area contributed by atoms with E-state index >= 15 is 0 Å². The van der Waals surface area contributed by atoms with Crippen LogP contribution in [-0.4, -0.2) is 29.4 Å². The molecule has 1 fully saturated rings. The first kappa shape index (κ1) is 12.0. The fourth-order valence-corrected chi connectivity index (χ4v) is 2.05. The highest BCUT2D eigenvalue weighted by Crippen LogP contribution is 2.24. The molecule has 0 saturated carbocycles. The highest BCUT2D eigenvalue weighted by molar-refractivity contribution is 5.95. The van der Waals surface area contributed by atoms with Crippen molar-refractivity contribution >= 4 is 5.91 Å². The molecule has 0 aliphatic carbocycles. The number of aryl methyl sites for hydroxylation is 1. The second-order valence-corrected chi connectivity index (χ2v) is 4.86. The van der Waals surface area contributed by atoms with Gasteiger partial charge in [0.25, 0.3) is 5.91 Å². The summed E-state index contributed by atoms with van der Waals surface area (Å²) in [6.45, 7) is 4.81. The zero-order chi connectivity index (χ0) is 12.6. The van der Waals surface area contributed by atoms with E-state index < -0.39 is 5.82 Å². The molecule has 92 valence electrons. The minimum absolute atomic E-state index is 0.133. The van der Waals surface area contributed by atoms with Crippen molar-refractivity contribution in [3.05, 3.63) is 35.1 Å². The van der Waals surface area contributed by atoms with E-state index in [1.54, 1.807) is 17.9 Å². The van der Waals surface area contributed by atoms with Gasteiger partial charge in [0.1, 0.15) is 5.82 Å². The van der Waals surface area contributed by atoms with Crippen LogP contribution in [0.15, 0.2) is 18.2 Å². The number of nitrogens with zero attached hydrogens (tertiary/aromatic N) is 1. The number of halogens is 1. The highest BCUT2D eigenvalue weighted by atomic mass is 19.1. The van der Waals surface area contributed by atoms with E-state index in [1.165, 1.54) is 12.1 Å². The molecular formula is C13H17FN2O. The van der Waals surface area contributed by atoms with Crippen molar-refractivity contribution in [2.75, 3.05) is 13.1 Å². The lowest BCUT2D eigenvalue weighted by Gasteiger charge is -2.47. The van der Waals surface area contributed by atoms with Gasteiger partial charge in [0, 0.05) is 13.1 Å². The topological polar surface area (TPSA) is 46.3 Å². The largest absolute Gasteiger partial charge is 0.335 e. The Hall–Kier alpha value is -1.42.